The van der Waals surface area contributed by atoms with Crippen LogP contribution in [0, 0.1) is 5.82 Å². The molecule has 0 aliphatic carbocycles. The van der Waals surface area contributed by atoms with Crippen molar-refractivity contribution in [1.29, 1.82) is 0 Å². The molecule has 1 aromatic carbocycles. The van der Waals surface area contributed by atoms with E-state index in [1.54, 1.807) is 30.7 Å². The predicted molar refractivity (Wildman–Crippen MR) is 69.6 cm³/mol. The first-order valence-corrected chi connectivity index (χ1v) is 5.69. The maximum atomic E-state index is 12.6. The van der Waals surface area contributed by atoms with Crippen molar-refractivity contribution >= 4 is 27.8 Å². The lowest BCUT2D eigenvalue weighted by atomic mass is 10.3. The van der Waals surface area contributed by atoms with Crippen molar-refractivity contribution in [2.24, 2.45) is 5.10 Å². The molecule has 0 aliphatic rings. The van der Waals surface area contributed by atoms with Gasteiger partial charge in [-0.3, -0.25) is 10.4 Å². The van der Waals surface area contributed by atoms with Gasteiger partial charge in [0, 0.05) is 22.4 Å². The van der Waals surface area contributed by atoms with Gasteiger partial charge in [-0.15, -0.1) is 0 Å². The minimum Gasteiger partial charge on any atom is -0.278 e. The maximum Gasteiger partial charge on any atom is 0.123 e. The van der Waals surface area contributed by atoms with E-state index in [-0.39, 0.29) is 5.82 Å². The number of halogens is 2. The second-order valence-electron chi connectivity index (χ2n) is 3.27. The molecule has 0 amide bonds. The smallest absolute Gasteiger partial charge is 0.123 e. The van der Waals surface area contributed by atoms with Crippen LogP contribution in [0.2, 0.25) is 0 Å². The number of rotatable bonds is 3. The minimum absolute atomic E-state index is 0.269. The SMILES string of the molecule is Fc1ccc(N/N=C\c2cnccc2Br)cc1. The average molecular weight is 294 g/mol. The molecule has 17 heavy (non-hydrogen) atoms. The number of hydrogen-bond acceptors (Lipinski definition) is 3. The van der Waals surface area contributed by atoms with E-state index in [1.165, 1.54) is 12.1 Å². The third kappa shape index (κ3) is 3.35. The molecule has 0 spiro atoms. The molecule has 1 N–H and O–H groups in total. The van der Waals surface area contributed by atoms with Crippen LogP contribution < -0.4 is 5.43 Å². The normalized spacial score (nSPS) is 10.7. The molecule has 0 unspecified atom stereocenters. The Morgan fingerprint density at radius 1 is 1.24 bits per heavy atom. The molecule has 86 valence electrons. The van der Waals surface area contributed by atoms with Gasteiger partial charge < -0.3 is 0 Å². The molecular weight excluding hydrogens is 285 g/mol. The fourth-order valence-corrected chi connectivity index (χ4v) is 1.51. The lowest BCUT2D eigenvalue weighted by Crippen LogP contribution is -1.92. The fraction of sp³-hybridized carbons (Fsp3) is 0. The topological polar surface area (TPSA) is 37.3 Å². The Bertz CT molecular complexity index is 526. The summed E-state index contributed by atoms with van der Waals surface area (Å²) < 4.78 is 13.6. The number of nitrogens with zero attached hydrogens (tertiary/aromatic N) is 2. The summed E-state index contributed by atoms with van der Waals surface area (Å²) in [7, 11) is 0. The van der Waals surface area contributed by atoms with Crippen LogP contribution in [0.3, 0.4) is 0 Å². The second kappa shape index (κ2) is 5.54. The highest BCUT2D eigenvalue weighted by molar-refractivity contribution is 9.10. The van der Waals surface area contributed by atoms with E-state index in [0.29, 0.717) is 0 Å². The molecule has 0 saturated carbocycles. The van der Waals surface area contributed by atoms with Crippen molar-refractivity contribution in [1.82, 2.24) is 4.98 Å². The van der Waals surface area contributed by atoms with Gasteiger partial charge in [0.1, 0.15) is 5.82 Å². The number of hydrogen-bond donors (Lipinski definition) is 1. The van der Waals surface area contributed by atoms with Gasteiger partial charge in [0.25, 0.3) is 0 Å². The number of anilines is 1. The van der Waals surface area contributed by atoms with E-state index in [9.17, 15) is 4.39 Å². The monoisotopic (exact) mass is 293 g/mol. The zero-order chi connectivity index (χ0) is 12.1. The van der Waals surface area contributed by atoms with Crippen molar-refractivity contribution in [3.05, 3.63) is 58.6 Å². The zero-order valence-electron chi connectivity index (χ0n) is 8.77. The Morgan fingerprint density at radius 2 is 2.00 bits per heavy atom. The molecule has 0 radical (unpaired) electrons. The van der Waals surface area contributed by atoms with Gasteiger partial charge in [-0.2, -0.15) is 5.10 Å². The summed E-state index contributed by atoms with van der Waals surface area (Å²) in [6.07, 6.45) is 5.02. The van der Waals surface area contributed by atoms with Crippen LogP contribution in [0.4, 0.5) is 10.1 Å². The average Bonchev–Trinajstić information content (AvgIpc) is 2.34. The molecular formula is C12H9BrFN3. The van der Waals surface area contributed by atoms with Crippen molar-refractivity contribution < 1.29 is 4.39 Å². The lowest BCUT2D eigenvalue weighted by molar-refractivity contribution is 0.628. The number of nitrogens with one attached hydrogen (secondary N) is 1. The summed E-state index contributed by atoms with van der Waals surface area (Å²) in [5.41, 5.74) is 4.39. The van der Waals surface area contributed by atoms with Gasteiger partial charge in [-0.1, -0.05) is 15.9 Å². The third-order valence-electron chi connectivity index (χ3n) is 2.04. The Morgan fingerprint density at radius 3 is 2.71 bits per heavy atom. The summed E-state index contributed by atoms with van der Waals surface area (Å²) in [6.45, 7) is 0. The van der Waals surface area contributed by atoms with E-state index >= 15 is 0 Å². The summed E-state index contributed by atoms with van der Waals surface area (Å²) in [6, 6.07) is 7.81. The molecule has 0 aliphatic heterocycles. The van der Waals surface area contributed by atoms with Gasteiger partial charge in [0.15, 0.2) is 0 Å². The van der Waals surface area contributed by atoms with Gasteiger partial charge in [-0.25, -0.2) is 4.39 Å². The first-order valence-electron chi connectivity index (χ1n) is 4.90. The molecule has 3 nitrogen and oxygen atoms in total. The van der Waals surface area contributed by atoms with Crippen LogP contribution in [0.25, 0.3) is 0 Å². The van der Waals surface area contributed by atoms with Crippen molar-refractivity contribution in [2.45, 2.75) is 0 Å². The van der Waals surface area contributed by atoms with Gasteiger partial charge in [-0.05, 0) is 30.3 Å². The van der Waals surface area contributed by atoms with E-state index in [2.05, 4.69) is 31.4 Å². The van der Waals surface area contributed by atoms with Crippen LogP contribution in [0.1, 0.15) is 5.56 Å². The fourth-order valence-electron chi connectivity index (χ4n) is 1.19. The molecule has 2 aromatic rings. The van der Waals surface area contributed by atoms with Gasteiger partial charge in [0.2, 0.25) is 0 Å². The number of hydrazone groups is 1. The maximum absolute atomic E-state index is 12.6. The summed E-state index contributed by atoms with van der Waals surface area (Å²) in [5, 5.41) is 4.03. The standard InChI is InChI=1S/C12H9BrFN3/c13-12-5-6-15-7-9(12)8-16-17-11-3-1-10(14)2-4-11/h1-8,17H/b16-8-. The van der Waals surface area contributed by atoms with E-state index in [0.717, 1.165) is 15.7 Å². The predicted octanol–water partition coefficient (Wildman–Crippen LogP) is 3.43. The van der Waals surface area contributed by atoms with Crippen molar-refractivity contribution in [3.63, 3.8) is 0 Å². The lowest BCUT2D eigenvalue weighted by Gasteiger charge is -1.99. The highest BCUT2D eigenvalue weighted by Crippen LogP contribution is 2.12. The van der Waals surface area contributed by atoms with Crippen molar-refractivity contribution in [3.8, 4) is 0 Å². The summed E-state index contributed by atoms with van der Waals surface area (Å²) >= 11 is 3.38. The molecule has 1 heterocycles. The van der Waals surface area contributed by atoms with Crippen LogP contribution in [0.15, 0.2) is 52.3 Å². The van der Waals surface area contributed by atoms with Crippen LogP contribution >= 0.6 is 15.9 Å². The highest BCUT2D eigenvalue weighted by atomic mass is 79.9. The Hall–Kier alpha value is -1.75. The molecule has 2 rings (SSSR count). The minimum atomic E-state index is -0.269. The second-order valence-corrected chi connectivity index (χ2v) is 4.13. The summed E-state index contributed by atoms with van der Waals surface area (Å²) in [5.74, 6) is -0.269. The molecule has 0 fully saturated rings. The van der Waals surface area contributed by atoms with Crippen LogP contribution in [-0.2, 0) is 0 Å². The van der Waals surface area contributed by atoms with E-state index in [4.69, 9.17) is 0 Å². The zero-order valence-corrected chi connectivity index (χ0v) is 10.4. The quantitative estimate of drug-likeness (QED) is 0.695. The highest BCUT2D eigenvalue weighted by Gasteiger charge is 1.94. The number of pyridine rings is 1. The van der Waals surface area contributed by atoms with Crippen molar-refractivity contribution in [2.75, 3.05) is 5.43 Å². The van der Waals surface area contributed by atoms with Crippen LogP contribution in [-0.4, -0.2) is 11.2 Å². The number of benzene rings is 1. The van der Waals surface area contributed by atoms with Gasteiger partial charge >= 0.3 is 0 Å². The molecule has 5 heteroatoms. The van der Waals surface area contributed by atoms with Gasteiger partial charge in [0.05, 0.1) is 11.9 Å². The Balaban J connectivity index is 2.03. The van der Waals surface area contributed by atoms with Crippen LogP contribution in [0.5, 0.6) is 0 Å². The first-order chi connectivity index (χ1) is 8.25. The van der Waals surface area contributed by atoms with E-state index in [1.807, 2.05) is 6.07 Å². The Labute approximate surface area is 107 Å². The largest absolute Gasteiger partial charge is 0.278 e. The van der Waals surface area contributed by atoms with E-state index < -0.39 is 0 Å². The first kappa shape index (κ1) is 11.7. The molecule has 0 saturated heterocycles. The number of aromatic nitrogens is 1. The third-order valence-corrected chi connectivity index (χ3v) is 2.76. The molecule has 0 atom stereocenters. The molecule has 0 bridgehead atoms. The Kier molecular flexibility index (Phi) is 3.82. The molecule has 1 aromatic heterocycles. The summed E-state index contributed by atoms with van der Waals surface area (Å²) in [4.78, 5) is 3.98.